The summed E-state index contributed by atoms with van der Waals surface area (Å²) in [4.78, 5) is 17.7. The SMILES string of the molecule is CS(=O)(=O)c1ccc(C(=O)Nc2cccc(-c3ccccn3)c2)c(-c2cc(Cl)ccc2Cl)c1. The lowest BCUT2D eigenvalue weighted by Gasteiger charge is -2.14. The number of rotatable bonds is 5. The second-order valence-corrected chi connectivity index (χ2v) is 10.2. The van der Waals surface area contributed by atoms with Crippen molar-refractivity contribution in [3.05, 3.63) is 101 Å². The number of hydrogen-bond donors (Lipinski definition) is 1. The van der Waals surface area contributed by atoms with Crippen LogP contribution < -0.4 is 5.32 Å². The zero-order valence-electron chi connectivity index (χ0n) is 17.4. The number of anilines is 1. The van der Waals surface area contributed by atoms with Crippen LogP contribution in [0.3, 0.4) is 0 Å². The largest absolute Gasteiger partial charge is 0.322 e. The molecule has 1 heterocycles. The van der Waals surface area contributed by atoms with Crippen molar-refractivity contribution < 1.29 is 13.2 Å². The summed E-state index contributed by atoms with van der Waals surface area (Å²) in [5, 5.41) is 3.63. The number of pyridine rings is 1. The summed E-state index contributed by atoms with van der Waals surface area (Å²) >= 11 is 12.5. The lowest BCUT2D eigenvalue weighted by atomic mass is 9.99. The minimum atomic E-state index is -3.51. The monoisotopic (exact) mass is 496 g/mol. The van der Waals surface area contributed by atoms with Gasteiger partial charge in [-0.05, 0) is 66.2 Å². The minimum Gasteiger partial charge on any atom is -0.322 e. The Morgan fingerprint density at radius 3 is 2.42 bits per heavy atom. The van der Waals surface area contributed by atoms with Crippen molar-refractivity contribution in [3.8, 4) is 22.4 Å². The van der Waals surface area contributed by atoms with Crippen molar-refractivity contribution in [1.82, 2.24) is 4.98 Å². The van der Waals surface area contributed by atoms with Gasteiger partial charge in [-0.1, -0.05) is 41.4 Å². The van der Waals surface area contributed by atoms with Crippen molar-refractivity contribution in [2.45, 2.75) is 4.90 Å². The van der Waals surface area contributed by atoms with E-state index in [1.807, 2.05) is 36.4 Å². The molecule has 8 heteroatoms. The van der Waals surface area contributed by atoms with Crippen LogP contribution in [0.25, 0.3) is 22.4 Å². The van der Waals surface area contributed by atoms with Gasteiger partial charge in [0.1, 0.15) is 0 Å². The molecule has 1 aromatic heterocycles. The molecule has 5 nitrogen and oxygen atoms in total. The highest BCUT2D eigenvalue weighted by atomic mass is 35.5. The quantitative estimate of drug-likeness (QED) is 0.347. The number of carbonyl (C=O) groups is 1. The van der Waals surface area contributed by atoms with Gasteiger partial charge < -0.3 is 5.32 Å². The van der Waals surface area contributed by atoms with Crippen LogP contribution >= 0.6 is 23.2 Å². The highest BCUT2D eigenvalue weighted by molar-refractivity contribution is 7.90. The Balaban J connectivity index is 1.76. The van der Waals surface area contributed by atoms with Gasteiger partial charge in [-0.3, -0.25) is 9.78 Å². The van der Waals surface area contributed by atoms with Crippen molar-refractivity contribution in [2.75, 3.05) is 11.6 Å². The molecular formula is C25H18Cl2N2O3S. The molecule has 3 aromatic carbocycles. The van der Waals surface area contributed by atoms with Gasteiger partial charge in [0.15, 0.2) is 9.84 Å². The van der Waals surface area contributed by atoms with E-state index in [1.54, 1.807) is 30.5 Å². The summed E-state index contributed by atoms with van der Waals surface area (Å²) in [5.41, 5.74) is 3.27. The van der Waals surface area contributed by atoms with E-state index < -0.39 is 15.7 Å². The first-order chi connectivity index (χ1) is 15.7. The van der Waals surface area contributed by atoms with Gasteiger partial charge in [0, 0.05) is 44.9 Å². The number of nitrogens with zero attached hydrogens (tertiary/aromatic N) is 1. The lowest BCUT2D eigenvalue weighted by molar-refractivity contribution is 0.102. The summed E-state index contributed by atoms with van der Waals surface area (Å²) in [6, 6.07) is 22.0. The molecule has 0 saturated carbocycles. The van der Waals surface area contributed by atoms with Crippen molar-refractivity contribution >= 4 is 44.6 Å². The molecule has 33 heavy (non-hydrogen) atoms. The van der Waals surface area contributed by atoms with Crippen molar-refractivity contribution in [3.63, 3.8) is 0 Å². The number of carbonyl (C=O) groups excluding carboxylic acids is 1. The molecule has 0 saturated heterocycles. The molecule has 0 bridgehead atoms. The van der Waals surface area contributed by atoms with Crippen molar-refractivity contribution in [1.29, 1.82) is 0 Å². The fraction of sp³-hybridized carbons (Fsp3) is 0.0400. The predicted octanol–water partition coefficient (Wildman–Crippen LogP) is 6.38. The number of aromatic nitrogens is 1. The van der Waals surface area contributed by atoms with Crippen LogP contribution in [0.1, 0.15) is 10.4 Å². The van der Waals surface area contributed by atoms with Gasteiger partial charge >= 0.3 is 0 Å². The molecule has 1 amide bonds. The van der Waals surface area contributed by atoms with Crippen LogP contribution in [0.2, 0.25) is 10.0 Å². The van der Waals surface area contributed by atoms with E-state index in [4.69, 9.17) is 23.2 Å². The second-order valence-electron chi connectivity index (χ2n) is 7.35. The van der Waals surface area contributed by atoms with Gasteiger partial charge in [0.05, 0.1) is 10.6 Å². The van der Waals surface area contributed by atoms with Crippen LogP contribution in [0.15, 0.2) is 90.0 Å². The fourth-order valence-corrected chi connectivity index (χ4v) is 4.41. The van der Waals surface area contributed by atoms with Gasteiger partial charge in [-0.15, -0.1) is 0 Å². The number of nitrogens with one attached hydrogen (secondary N) is 1. The predicted molar refractivity (Wildman–Crippen MR) is 133 cm³/mol. The molecule has 0 aliphatic carbocycles. The van der Waals surface area contributed by atoms with Crippen LogP contribution in [-0.2, 0) is 9.84 Å². The maximum Gasteiger partial charge on any atom is 0.256 e. The molecule has 0 unspecified atom stereocenters. The van der Waals surface area contributed by atoms with E-state index >= 15 is 0 Å². The summed E-state index contributed by atoms with van der Waals surface area (Å²) in [5.74, 6) is -0.417. The first-order valence-electron chi connectivity index (χ1n) is 9.85. The maximum absolute atomic E-state index is 13.3. The molecule has 0 aliphatic rings. The number of halogens is 2. The standard InChI is InChI=1S/C25H18Cl2N2O3S/c1-33(31,32)19-9-10-20(21(15-19)22-14-17(26)8-11-23(22)27)25(30)29-18-6-4-5-16(13-18)24-7-2-3-12-28-24/h2-15H,1H3,(H,29,30). The molecule has 0 aliphatic heterocycles. The fourth-order valence-electron chi connectivity index (χ4n) is 3.37. The van der Waals surface area contributed by atoms with Gasteiger partial charge in [-0.25, -0.2) is 8.42 Å². The summed E-state index contributed by atoms with van der Waals surface area (Å²) < 4.78 is 24.3. The van der Waals surface area contributed by atoms with Gasteiger partial charge in [0.2, 0.25) is 0 Å². The van der Waals surface area contributed by atoms with E-state index in [0.29, 0.717) is 26.9 Å². The smallest absolute Gasteiger partial charge is 0.256 e. The zero-order chi connectivity index (χ0) is 23.6. The Labute approximate surface area is 201 Å². The van der Waals surface area contributed by atoms with E-state index in [2.05, 4.69) is 10.3 Å². The molecule has 166 valence electrons. The maximum atomic E-state index is 13.3. The second kappa shape index (κ2) is 9.35. The average molecular weight is 497 g/mol. The Morgan fingerprint density at radius 1 is 0.879 bits per heavy atom. The number of hydrogen-bond acceptors (Lipinski definition) is 4. The van der Waals surface area contributed by atoms with Crippen LogP contribution in [0.5, 0.6) is 0 Å². The zero-order valence-corrected chi connectivity index (χ0v) is 19.7. The van der Waals surface area contributed by atoms with E-state index in [-0.39, 0.29) is 10.5 Å². The van der Waals surface area contributed by atoms with E-state index in [0.717, 1.165) is 17.5 Å². The summed E-state index contributed by atoms with van der Waals surface area (Å²) in [7, 11) is -3.51. The van der Waals surface area contributed by atoms with Gasteiger partial charge in [-0.2, -0.15) is 0 Å². The average Bonchev–Trinajstić information content (AvgIpc) is 2.80. The third-order valence-electron chi connectivity index (χ3n) is 4.96. The molecule has 1 N–H and O–H groups in total. The third-order valence-corrected chi connectivity index (χ3v) is 6.64. The molecule has 0 spiro atoms. The lowest BCUT2D eigenvalue weighted by Crippen LogP contribution is -2.14. The number of sulfone groups is 1. The summed E-state index contributed by atoms with van der Waals surface area (Å²) in [6.07, 6.45) is 2.81. The highest BCUT2D eigenvalue weighted by Gasteiger charge is 2.19. The first-order valence-corrected chi connectivity index (χ1v) is 12.5. The summed E-state index contributed by atoms with van der Waals surface area (Å²) in [6.45, 7) is 0. The molecule has 0 atom stereocenters. The molecule has 0 radical (unpaired) electrons. The van der Waals surface area contributed by atoms with Gasteiger partial charge in [0.25, 0.3) is 5.91 Å². The van der Waals surface area contributed by atoms with Crippen LogP contribution in [0.4, 0.5) is 5.69 Å². The first kappa shape index (κ1) is 23.0. The molecule has 4 aromatic rings. The molecule has 4 rings (SSSR count). The topological polar surface area (TPSA) is 76.1 Å². The van der Waals surface area contributed by atoms with Crippen molar-refractivity contribution in [2.24, 2.45) is 0 Å². The Kier molecular flexibility index (Phi) is 6.51. The number of benzene rings is 3. The minimum absolute atomic E-state index is 0.0715. The van der Waals surface area contributed by atoms with Crippen LogP contribution in [-0.4, -0.2) is 25.6 Å². The third kappa shape index (κ3) is 5.25. The van der Waals surface area contributed by atoms with E-state index in [9.17, 15) is 13.2 Å². The highest BCUT2D eigenvalue weighted by Crippen LogP contribution is 2.35. The Morgan fingerprint density at radius 2 is 1.70 bits per heavy atom. The van der Waals surface area contributed by atoms with E-state index in [1.165, 1.54) is 18.2 Å². The Bertz CT molecular complexity index is 1460. The Hall–Kier alpha value is -3.19. The van der Waals surface area contributed by atoms with Crippen LogP contribution in [0, 0.1) is 0 Å². The molecular weight excluding hydrogens is 479 g/mol. The normalized spacial score (nSPS) is 11.2. The number of amides is 1. The molecule has 0 fully saturated rings.